The van der Waals surface area contributed by atoms with Crippen LogP contribution in [-0.2, 0) is 9.59 Å². The summed E-state index contributed by atoms with van der Waals surface area (Å²) in [5.74, 6) is -1.24. The van der Waals surface area contributed by atoms with Crippen molar-refractivity contribution >= 4 is 58.7 Å². The average molecular weight is 701 g/mol. The number of carbonyl (C=O) groups excluding carboxylic acids is 4. The van der Waals surface area contributed by atoms with E-state index in [9.17, 15) is 19.2 Å². The Bertz CT molecular complexity index is 2040. The molecular formula is C40H36N4O8. The van der Waals surface area contributed by atoms with Gasteiger partial charge in [-0.15, -0.1) is 0 Å². The molecule has 1 aliphatic rings. The summed E-state index contributed by atoms with van der Waals surface area (Å²) in [5.41, 5.74) is 3.55. The Hall–Kier alpha value is -6.82. The van der Waals surface area contributed by atoms with Gasteiger partial charge >= 0.3 is 11.9 Å². The van der Waals surface area contributed by atoms with Gasteiger partial charge in [-0.25, -0.2) is 9.59 Å². The van der Waals surface area contributed by atoms with Crippen molar-refractivity contribution in [1.29, 1.82) is 0 Å². The summed E-state index contributed by atoms with van der Waals surface area (Å²) in [6.45, 7) is 6.69. The van der Waals surface area contributed by atoms with Crippen molar-refractivity contribution in [3.05, 3.63) is 119 Å². The lowest BCUT2D eigenvalue weighted by Crippen LogP contribution is -2.22. The Morgan fingerprint density at radius 2 is 0.942 bits per heavy atom. The van der Waals surface area contributed by atoms with Gasteiger partial charge in [0.15, 0.2) is 35.6 Å². The molecule has 0 unspecified atom stereocenters. The van der Waals surface area contributed by atoms with Crippen molar-refractivity contribution in [2.75, 3.05) is 24.9 Å². The van der Waals surface area contributed by atoms with Crippen molar-refractivity contribution in [3.8, 4) is 23.0 Å². The molecule has 12 heteroatoms. The molecule has 0 aliphatic carbocycles. The quantitative estimate of drug-likeness (QED) is 0.106. The molecule has 0 amide bonds. The number of aliphatic imine (C=N–C) groups is 2. The molecular weight excluding hydrogens is 664 g/mol. The third-order valence-corrected chi connectivity index (χ3v) is 8.01. The van der Waals surface area contributed by atoms with E-state index in [0.29, 0.717) is 46.7 Å². The maximum Gasteiger partial charge on any atom is 0.347 e. The van der Waals surface area contributed by atoms with Gasteiger partial charge in [-0.1, -0.05) is 36.4 Å². The summed E-state index contributed by atoms with van der Waals surface area (Å²) in [6, 6.07) is 23.5. The highest BCUT2D eigenvalue weighted by molar-refractivity contribution is 6.22. The fourth-order valence-corrected chi connectivity index (χ4v) is 5.58. The molecule has 0 spiro atoms. The first-order valence-corrected chi connectivity index (χ1v) is 16.0. The highest BCUT2D eigenvalue weighted by atomic mass is 16.6. The van der Waals surface area contributed by atoms with E-state index in [0.717, 1.165) is 0 Å². The highest BCUT2D eigenvalue weighted by Crippen LogP contribution is 2.35. The van der Waals surface area contributed by atoms with Crippen LogP contribution in [0.1, 0.15) is 48.4 Å². The molecule has 12 nitrogen and oxygen atoms in total. The van der Waals surface area contributed by atoms with Crippen LogP contribution in [0.2, 0.25) is 0 Å². The predicted octanol–water partition coefficient (Wildman–Crippen LogP) is 7.81. The maximum absolute atomic E-state index is 14.0. The molecule has 0 saturated carbocycles. The van der Waals surface area contributed by atoms with Gasteiger partial charge in [-0.3, -0.25) is 19.6 Å². The number of rotatable bonds is 8. The molecule has 0 radical (unpaired) electrons. The summed E-state index contributed by atoms with van der Waals surface area (Å²) >= 11 is 0. The van der Waals surface area contributed by atoms with E-state index in [1.165, 1.54) is 26.4 Å². The molecule has 52 heavy (non-hydrogen) atoms. The normalized spacial score (nSPS) is 15.9. The summed E-state index contributed by atoms with van der Waals surface area (Å²) in [5, 5.41) is 6.55. The number of hydrogen-bond donors (Lipinski definition) is 2. The van der Waals surface area contributed by atoms with Crippen LogP contribution in [-0.4, -0.2) is 50.2 Å². The Balaban J connectivity index is 1.68. The monoisotopic (exact) mass is 700 g/mol. The number of carbonyl (C=O) groups is 4. The summed E-state index contributed by atoms with van der Waals surface area (Å²) in [6.07, 6.45) is 1.16. The Morgan fingerprint density at radius 1 is 0.558 bits per heavy atom. The lowest BCUT2D eigenvalue weighted by molar-refractivity contribution is -0.130. The van der Waals surface area contributed by atoms with Gasteiger partial charge in [0.1, 0.15) is 11.1 Å². The van der Waals surface area contributed by atoms with Crippen LogP contribution in [0.5, 0.6) is 23.0 Å². The number of anilines is 2. The molecule has 4 aromatic rings. The Morgan fingerprint density at radius 3 is 1.31 bits per heavy atom. The second-order valence-corrected chi connectivity index (χ2v) is 11.5. The van der Waals surface area contributed by atoms with Crippen molar-refractivity contribution in [3.63, 3.8) is 0 Å². The van der Waals surface area contributed by atoms with Crippen LogP contribution in [0.25, 0.3) is 0 Å². The number of fused-ring (bicyclic) bond motifs is 2. The van der Waals surface area contributed by atoms with Crippen LogP contribution in [0, 0.1) is 0 Å². The Kier molecular flexibility index (Phi) is 11.4. The first-order valence-electron chi connectivity index (χ1n) is 16.0. The fourth-order valence-electron chi connectivity index (χ4n) is 5.58. The molecule has 2 N–H and O–H groups in total. The molecule has 1 heterocycles. The van der Waals surface area contributed by atoms with E-state index >= 15 is 0 Å². The molecule has 0 atom stereocenters. The number of benzene rings is 4. The topological polar surface area (TPSA) is 154 Å². The van der Waals surface area contributed by atoms with Gasteiger partial charge in [0.25, 0.3) is 0 Å². The van der Waals surface area contributed by atoms with E-state index in [-0.39, 0.29) is 56.7 Å². The standard InChI is InChI=1S/C40H36N4O8/c1-23-35(39(47)51-37-27(21-45)13-11-19-33(37)49-5)24(2)42-31-17-9-10-18-32(31)44-26(4)36(25(3)43-30-16-8-7-15-29(30)41-23)40(48)52-38-28(22-46)14-12-20-34(38)50-6/h7-22,41,44H,1-6H3/b35-23+,36-26+,42-24?,43-25?. The number of methoxy groups -OCH3 is 2. The van der Waals surface area contributed by atoms with E-state index < -0.39 is 11.9 Å². The molecule has 5 rings (SSSR count). The van der Waals surface area contributed by atoms with Crippen molar-refractivity contribution in [2.24, 2.45) is 9.98 Å². The molecule has 264 valence electrons. The van der Waals surface area contributed by atoms with Crippen LogP contribution in [0.15, 0.2) is 117 Å². The number of esters is 2. The van der Waals surface area contributed by atoms with Crippen LogP contribution >= 0.6 is 0 Å². The van der Waals surface area contributed by atoms with Crippen LogP contribution < -0.4 is 29.6 Å². The SMILES string of the molecule is COc1cccc(C=O)c1OC(=O)/C1=C(\C)Nc2ccccc2N=C(C)/C(C(=O)Oc2c(C=O)cccc2OC)=C(/C)Nc2ccccc2N=C1C. The molecule has 0 aromatic heterocycles. The van der Waals surface area contributed by atoms with Gasteiger partial charge in [0, 0.05) is 11.4 Å². The number of ether oxygens (including phenoxy) is 4. The zero-order chi connectivity index (χ0) is 37.4. The molecule has 0 bridgehead atoms. The molecule has 0 fully saturated rings. The van der Waals surface area contributed by atoms with Gasteiger partial charge in [-0.2, -0.15) is 0 Å². The first-order chi connectivity index (χ1) is 25.1. The summed E-state index contributed by atoms with van der Waals surface area (Å²) in [7, 11) is 2.82. The number of nitrogens with one attached hydrogen (secondary N) is 2. The predicted molar refractivity (Wildman–Crippen MR) is 199 cm³/mol. The number of aldehydes is 2. The van der Waals surface area contributed by atoms with Crippen molar-refractivity contribution < 1.29 is 38.1 Å². The van der Waals surface area contributed by atoms with Gasteiger partial charge < -0.3 is 29.6 Å². The van der Waals surface area contributed by atoms with E-state index in [1.54, 1.807) is 100 Å². The van der Waals surface area contributed by atoms with Crippen molar-refractivity contribution in [2.45, 2.75) is 27.7 Å². The zero-order valence-corrected chi connectivity index (χ0v) is 29.4. The maximum atomic E-state index is 14.0. The van der Waals surface area contributed by atoms with E-state index in [4.69, 9.17) is 28.9 Å². The van der Waals surface area contributed by atoms with Gasteiger partial charge in [0.05, 0.1) is 59.5 Å². The summed E-state index contributed by atoms with van der Waals surface area (Å²) in [4.78, 5) is 61.5. The van der Waals surface area contributed by atoms with Gasteiger partial charge in [-0.05, 0) is 76.2 Å². The zero-order valence-electron chi connectivity index (χ0n) is 29.4. The molecule has 1 aliphatic heterocycles. The van der Waals surface area contributed by atoms with Crippen LogP contribution in [0.4, 0.5) is 22.7 Å². The van der Waals surface area contributed by atoms with E-state index in [1.807, 2.05) is 0 Å². The minimum absolute atomic E-state index is 0.0336. The second-order valence-electron chi connectivity index (χ2n) is 11.5. The second kappa shape index (κ2) is 16.3. The van der Waals surface area contributed by atoms with Crippen LogP contribution in [0.3, 0.4) is 0 Å². The number of nitrogens with zero attached hydrogens (tertiary/aromatic N) is 2. The average Bonchev–Trinajstić information content (AvgIpc) is 3.13. The van der Waals surface area contributed by atoms with Gasteiger partial charge in [0.2, 0.25) is 0 Å². The third kappa shape index (κ3) is 7.81. The van der Waals surface area contributed by atoms with Crippen molar-refractivity contribution in [1.82, 2.24) is 0 Å². The Labute approximate surface area is 300 Å². The summed E-state index contributed by atoms with van der Waals surface area (Å²) < 4.78 is 22.4. The number of hydrogen-bond acceptors (Lipinski definition) is 12. The highest BCUT2D eigenvalue weighted by Gasteiger charge is 2.26. The molecule has 0 saturated heterocycles. The minimum atomic E-state index is -0.791. The fraction of sp³-hybridized carbons (Fsp3) is 0.150. The lowest BCUT2D eigenvalue weighted by atomic mass is 10.1. The van der Waals surface area contributed by atoms with E-state index in [2.05, 4.69) is 10.6 Å². The number of allylic oxidation sites excluding steroid dienone is 2. The minimum Gasteiger partial charge on any atom is -0.493 e. The third-order valence-electron chi connectivity index (χ3n) is 8.01. The first kappa shape index (κ1) is 36.5. The number of para-hydroxylation sites is 6. The largest absolute Gasteiger partial charge is 0.493 e. The molecule has 4 aromatic carbocycles. The smallest absolute Gasteiger partial charge is 0.347 e. The lowest BCUT2D eigenvalue weighted by Gasteiger charge is -2.19.